The summed E-state index contributed by atoms with van der Waals surface area (Å²) in [7, 11) is 4.48. The fraction of sp³-hybridized carbons (Fsp3) is 0.160. The molecule has 1 heterocycles. The summed E-state index contributed by atoms with van der Waals surface area (Å²) < 4.78 is 16.0. The number of carbonyl (C=O) groups is 2. The molecule has 0 saturated heterocycles. The van der Waals surface area contributed by atoms with Crippen LogP contribution in [0.3, 0.4) is 0 Å². The number of anilines is 1. The number of nitrogens with zero attached hydrogens (tertiary/aromatic N) is 1. The van der Waals surface area contributed by atoms with Gasteiger partial charge in [0.05, 0.1) is 26.8 Å². The quantitative estimate of drug-likeness (QED) is 0.400. The second kappa shape index (κ2) is 9.04. The van der Waals surface area contributed by atoms with Crippen LogP contribution in [0.15, 0.2) is 54.6 Å². The Labute approximate surface area is 190 Å². The van der Waals surface area contributed by atoms with E-state index in [1.807, 2.05) is 36.4 Å². The number of carbonyl (C=O) groups excluding carboxylic acids is 2. The van der Waals surface area contributed by atoms with Gasteiger partial charge in [-0.25, -0.2) is 0 Å². The molecule has 33 heavy (non-hydrogen) atoms. The van der Waals surface area contributed by atoms with Crippen molar-refractivity contribution in [3.05, 3.63) is 65.7 Å². The number of hydrogen-bond acceptors (Lipinski definition) is 6. The maximum Gasteiger partial charge on any atom is 0.257 e. The molecule has 0 unspecified atom stereocenters. The van der Waals surface area contributed by atoms with E-state index < -0.39 is 0 Å². The lowest BCUT2D eigenvalue weighted by molar-refractivity contribution is 0.101. The minimum Gasteiger partial charge on any atom is -0.493 e. The average Bonchev–Trinajstić information content (AvgIpc) is 3.24. The first-order valence-electron chi connectivity index (χ1n) is 10.2. The average molecular weight is 445 g/mol. The number of fused-ring (bicyclic) bond motifs is 1. The summed E-state index contributed by atoms with van der Waals surface area (Å²) in [6.07, 6.45) is 0. The topological polar surface area (TPSA) is 103 Å². The van der Waals surface area contributed by atoms with Crippen molar-refractivity contribution in [1.29, 1.82) is 0 Å². The van der Waals surface area contributed by atoms with Crippen LogP contribution in [0.5, 0.6) is 17.2 Å². The second-order valence-electron chi connectivity index (χ2n) is 7.34. The van der Waals surface area contributed by atoms with Crippen LogP contribution in [0.1, 0.15) is 27.6 Å². The summed E-state index contributed by atoms with van der Waals surface area (Å²) in [6, 6.07) is 16.3. The van der Waals surface area contributed by atoms with Crippen molar-refractivity contribution in [3.63, 3.8) is 0 Å². The second-order valence-corrected chi connectivity index (χ2v) is 7.34. The Kier molecular flexibility index (Phi) is 5.99. The summed E-state index contributed by atoms with van der Waals surface area (Å²) in [4.78, 5) is 24.6. The highest BCUT2D eigenvalue weighted by Gasteiger charge is 2.18. The summed E-state index contributed by atoms with van der Waals surface area (Å²) >= 11 is 0. The lowest BCUT2D eigenvalue weighted by atomic mass is 10.0. The van der Waals surface area contributed by atoms with E-state index in [0.29, 0.717) is 34.2 Å². The molecule has 0 saturated carbocycles. The van der Waals surface area contributed by atoms with Crippen LogP contribution in [-0.2, 0) is 0 Å². The molecular weight excluding hydrogens is 422 g/mol. The third kappa shape index (κ3) is 4.23. The Hall–Kier alpha value is -4.33. The van der Waals surface area contributed by atoms with Crippen LogP contribution in [0.2, 0.25) is 0 Å². The van der Waals surface area contributed by atoms with Crippen molar-refractivity contribution in [1.82, 2.24) is 10.2 Å². The van der Waals surface area contributed by atoms with Crippen LogP contribution in [-0.4, -0.2) is 43.2 Å². The highest BCUT2D eigenvalue weighted by Crippen LogP contribution is 2.38. The summed E-state index contributed by atoms with van der Waals surface area (Å²) in [5.74, 6) is 1.20. The SMILES string of the molecule is COc1cc(C(=O)Nc2n[nH]c3cc(-c4cccc(C(C)=O)c4)ccc23)cc(OC)c1OC. The van der Waals surface area contributed by atoms with E-state index in [-0.39, 0.29) is 11.7 Å². The van der Waals surface area contributed by atoms with Gasteiger partial charge in [-0.3, -0.25) is 14.7 Å². The fourth-order valence-electron chi connectivity index (χ4n) is 3.60. The van der Waals surface area contributed by atoms with E-state index in [4.69, 9.17) is 14.2 Å². The van der Waals surface area contributed by atoms with Gasteiger partial charge in [-0.2, -0.15) is 5.10 Å². The highest BCUT2D eigenvalue weighted by molar-refractivity contribution is 6.08. The zero-order chi connectivity index (χ0) is 23.5. The van der Waals surface area contributed by atoms with E-state index in [9.17, 15) is 9.59 Å². The summed E-state index contributed by atoms with van der Waals surface area (Å²) in [6.45, 7) is 1.54. The number of hydrogen-bond donors (Lipinski definition) is 2. The monoisotopic (exact) mass is 445 g/mol. The van der Waals surface area contributed by atoms with Gasteiger partial charge >= 0.3 is 0 Å². The van der Waals surface area contributed by atoms with Crippen LogP contribution in [0, 0.1) is 0 Å². The molecule has 8 nitrogen and oxygen atoms in total. The normalized spacial score (nSPS) is 10.7. The fourth-order valence-corrected chi connectivity index (χ4v) is 3.60. The Balaban J connectivity index is 1.63. The molecule has 2 N–H and O–H groups in total. The Morgan fingerprint density at radius 1 is 0.848 bits per heavy atom. The lowest BCUT2D eigenvalue weighted by Gasteiger charge is -2.13. The first kappa shape index (κ1) is 21.9. The molecule has 0 spiro atoms. The zero-order valence-corrected chi connectivity index (χ0v) is 18.7. The van der Waals surface area contributed by atoms with Crippen LogP contribution in [0.4, 0.5) is 5.82 Å². The number of nitrogens with one attached hydrogen (secondary N) is 2. The minimum absolute atomic E-state index is 0.0104. The lowest BCUT2D eigenvalue weighted by Crippen LogP contribution is -2.13. The molecular formula is C25H23N3O5. The Bertz CT molecular complexity index is 1330. The van der Waals surface area contributed by atoms with E-state index in [0.717, 1.165) is 22.0 Å². The van der Waals surface area contributed by atoms with Crippen molar-refractivity contribution in [2.45, 2.75) is 6.92 Å². The molecule has 4 aromatic rings. The number of rotatable bonds is 7. The van der Waals surface area contributed by atoms with E-state index in [1.165, 1.54) is 21.3 Å². The largest absolute Gasteiger partial charge is 0.493 e. The Morgan fingerprint density at radius 3 is 2.18 bits per heavy atom. The maximum absolute atomic E-state index is 12.9. The first-order chi connectivity index (χ1) is 15.9. The number of ketones is 1. The van der Waals surface area contributed by atoms with Gasteiger partial charge in [0.15, 0.2) is 23.1 Å². The molecule has 0 bridgehead atoms. The molecule has 0 aliphatic carbocycles. The van der Waals surface area contributed by atoms with E-state index in [1.54, 1.807) is 25.1 Å². The van der Waals surface area contributed by atoms with Crippen LogP contribution < -0.4 is 19.5 Å². The molecule has 3 aromatic carbocycles. The third-order valence-electron chi connectivity index (χ3n) is 5.32. The maximum atomic E-state index is 12.9. The Morgan fingerprint density at radius 2 is 1.55 bits per heavy atom. The van der Waals surface area contributed by atoms with Gasteiger partial charge in [-0.15, -0.1) is 0 Å². The summed E-state index contributed by atoms with van der Waals surface area (Å²) in [5.41, 5.74) is 3.58. The zero-order valence-electron chi connectivity index (χ0n) is 18.7. The minimum atomic E-state index is -0.374. The van der Waals surface area contributed by atoms with Crippen molar-refractivity contribution >= 4 is 28.4 Å². The van der Waals surface area contributed by atoms with Crippen LogP contribution in [0.25, 0.3) is 22.0 Å². The number of aromatic amines is 1. The number of ether oxygens (including phenoxy) is 3. The van der Waals surface area contributed by atoms with Gasteiger partial charge in [0, 0.05) is 16.5 Å². The first-order valence-corrected chi connectivity index (χ1v) is 10.2. The molecule has 4 rings (SSSR count). The van der Waals surface area contributed by atoms with Gasteiger partial charge < -0.3 is 19.5 Å². The molecule has 168 valence electrons. The van der Waals surface area contributed by atoms with Crippen molar-refractivity contribution in [3.8, 4) is 28.4 Å². The van der Waals surface area contributed by atoms with Gasteiger partial charge in [0.25, 0.3) is 5.91 Å². The van der Waals surface area contributed by atoms with Gasteiger partial charge in [0.1, 0.15) is 0 Å². The standard InChI is InChI=1S/C25H23N3O5/c1-14(29)15-6-5-7-16(10-15)17-8-9-19-20(11-17)27-28-24(19)26-25(30)18-12-21(31-2)23(33-4)22(13-18)32-3/h5-13H,1-4H3,(H2,26,27,28,30). The smallest absolute Gasteiger partial charge is 0.257 e. The molecule has 0 radical (unpaired) electrons. The number of benzene rings is 3. The van der Waals surface area contributed by atoms with Crippen molar-refractivity contribution in [2.75, 3.05) is 26.6 Å². The van der Waals surface area contributed by atoms with E-state index in [2.05, 4.69) is 15.5 Å². The predicted molar refractivity (Wildman–Crippen MR) is 126 cm³/mol. The van der Waals surface area contributed by atoms with Crippen molar-refractivity contribution < 1.29 is 23.8 Å². The van der Waals surface area contributed by atoms with Gasteiger partial charge in [0.2, 0.25) is 5.75 Å². The number of aromatic nitrogens is 2. The highest BCUT2D eigenvalue weighted by atomic mass is 16.5. The van der Waals surface area contributed by atoms with Crippen molar-refractivity contribution in [2.24, 2.45) is 0 Å². The number of methoxy groups -OCH3 is 3. The van der Waals surface area contributed by atoms with Gasteiger partial charge in [-0.1, -0.05) is 24.3 Å². The molecule has 0 fully saturated rings. The molecule has 0 atom stereocenters. The molecule has 0 aliphatic rings. The molecule has 1 amide bonds. The number of amides is 1. The molecule has 1 aromatic heterocycles. The van der Waals surface area contributed by atoms with E-state index >= 15 is 0 Å². The predicted octanol–water partition coefficient (Wildman–Crippen LogP) is 4.71. The molecule has 0 aliphatic heterocycles. The van der Waals surface area contributed by atoms with Crippen LogP contribution >= 0.6 is 0 Å². The summed E-state index contributed by atoms with van der Waals surface area (Å²) in [5, 5.41) is 10.8. The third-order valence-corrected chi connectivity index (χ3v) is 5.32. The van der Waals surface area contributed by atoms with Gasteiger partial charge in [-0.05, 0) is 48.4 Å². The number of H-pyrrole nitrogens is 1. The number of Topliss-reactive ketones (excluding diaryl/α,β-unsaturated/α-hetero) is 1. The molecule has 8 heteroatoms.